The summed E-state index contributed by atoms with van der Waals surface area (Å²) in [6.07, 6.45) is 0. The monoisotopic (exact) mass is 439 g/mol. The highest BCUT2D eigenvalue weighted by molar-refractivity contribution is 8.00. The van der Waals surface area contributed by atoms with Gasteiger partial charge in [0, 0.05) is 21.2 Å². The lowest BCUT2D eigenvalue weighted by molar-refractivity contribution is -0.113. The summed E-state index contributed by atoms with van der Waals surface area (Å²) in [6.45, 7) is 2.02. The van der Waals surface area contributed by atoms with Crippen LogP contribution in [0, 0.1) is 6.92 Å². The molecule has 0 saturated carbocycles. The summed E-state index contributed by atoms with van der Waals surface area (Å²) in [5.41, 5.74) is 3.14. The summed E-state index contributed by atoms with van der Waals surface area (Å²) in [6, 6.07) is 22.2. The first kappa shape index (κ1) is 22.1. The van der Waals surface area contributed by atoms with Crippen LogP contribution in [0.1, 0.15) is 11.1 Å². The van der Waals surface area contributed by atoms with Crippen molar-refractivity contribution in [2.45, 2.75) is 22.5 Å². The minimum absolute atomic E-state index is 0.0377. The van der Waals surface area contributed by atoms with Crippen molar-refractivity contribution in [1.29, 1.82) is 0 Å². The average molecular weight is 440 g/mol. The first-order chi connectivity index (χ1) is 14.6. The van der Waals surface area contributed by atoms with E-state index >= 15 is 0 Å². The number of nitrogens with one attached hydrogen (secondary N) is 1. The molecule has 0 fully saturated rings. The molecule has 4 nitrogen and oxygen atoms in total. The van der Waals surface area contributed by atoms with Crippen LogP contribution in [-0.2, 0) is 10.5 Å². The van der Waals surface area contributed by atoms with Crippen molar-refractivity contribution in [3.05, 3.63) is 77.9 Å². The molecule has 156 valence electrons. The maximum Gasteiger partial charge on any atom is 0.234 e. The smallest absolute Gasteiger partial charge is 0.234 e. The summed E-state index contributed by atoms with van der Waals surface area (Å²) >= 11 is 3.26. The van der Waals surface area contributed by atoms with Gasteiger partial charge in [-0.3, -0.25) is 4.79 Å². The Morgan fingerprint density at radius 1 is 0.867 bits per heavy atom. The number of benzene rings is 3. The molecule has 0 unspecified atom stereocenters. The topological polar surface area (TPSA) is 47.6 Å². The zero-order valence-electron chi connectivity index (χ0n) is 17.3. The Bertz CT molecular complexity index is 993. The Balaban J connectivity index is 1.53. The molecule has 0 heterocycles. The van der Waals surface area contributed by atoms with Gasteiger partial charge < -0.3 is 14.8 Å². The zero-order chi connectivity index (χ0) is 21.3. The molecule has 3 rings (SSSR count). The molecule has 0 saturated heterocycles. The van der Waals surface area contributed by atoms with Crippen LogP contribution in [0.15, 0.2) is 76.5 Å². The molecule has 0 atom stereocenters. The van der Waals surface area contributed by atoms with E-state index in [1.54, 1.807) is 26.0 Å². The molecule has 0 radical (unpaired) electrons. The van der Waals surface area contributed by atoms with E-state index in [2.05, 4.69) is 29.6 Å². The fourth-order valence-electron chi connectivity index (χ4n) is 2.88. The summed E-state index contributed by atoms with van der Waals surface area (Å²) < 4.78 is 10.6. The highest BCUT2D eigenvalue weighted by Gasteiger charge is 2.09. The van der Waals surface area contributed by atoms with Crippen LogP contribution in [0.4, 0.5) is 5.69 Å². The molecule has 3 aromatic carbocycles. The fraction of sp³-hybridized carbons (Fsp3) is 0.208. The minimum Gasteiger partial charge on any atom is -0.493 e. The van der Waals surface area contributed by atoms with Crippen LogP contribution in [0.3, 0.4) is 0 Å². The van der Waals surface area contributed by atoms with Gasteiger partial charge >= 0.3 is 0 Å². The number of anilines is 1. The molecule has 1 amide bonds. The van der Waals surface area contributed by atoms with Gasteiger partial charge in [-0.1, -0.05) is 30.3 Å². The van der Waals surface area contributed by atoms with Gasteiger partial charge in [-0.25, -0.2) is 0 Å². The van der Waals surface area contributed by atoms with Crippen LogP contribution in [0.25, 0.3) is 0 Å². The van der Waals surface area contributed by atoms with Crippen molar-refractivity contribution < 1.29 is 14.3 Å². The number of ether oxygens (including phenoxy) is 2. The van der Waals surface area contributed by atoms with Gasteiger partial charge in [0.1, 0.15) is 0 Å². The second-order valence-corrected chi connectivity index (χ2v) is 8.70. The van der Waals surface area contributed by atoms with Gasteiger partial charge in [0.05, 0.1) is 20.0 Å². The van der Waals surface area contributed by atoms with Crippen LogP contribution in [0.2, 0.25) is 0 Å². The third kappa shape index (κ3) is 6.21. The third-order valence-corrected chi connectivity index (χ3v) is 6.52. The maximum absolute atomic E-state index is 12.4. The molecule has 0 spiro atoms. The number of aryl methyl sites for hydroxylation is 1. The molecule has 1 N–H and O–H groups in total. The molecule has 3 aromatic rings. The maximum atomic E-state index is 12.4. The number of hydrogen-bond acceptors (Lipinski definition) is 5. The second kappa shape index (κ2) is 11.0. The van der Waals surface area contributed by atoms with Gasteiger partial charge in [0.25, 0.3) is 0 Å². The van der Waals surface area contributed by atoms with Crippen LogP contribution < -0.4 is 14.8 Å². The Kier molecular flexibility index (Phi) is 8.11. The standard InChI is InChI=1S/C24H25NO3S2/c1-17-13-18(15-29-19-7-5-4-6-8-19)9-11-21(17)25-24(26)16-30-20-10-12-22(27-2)23(14-20)28-3/h4-14H,15-16H2,1-3H3,(H,25,26). The van der Waals surface area contributed by atoms with Gasteiger partial charge in [0.15, 0.2) is 11.5 Å². The van der Waals surface area contributed by atoms with E-state index in [1.807, 2.05) is 49.4 Å². The molecule has 30 heavy (non-hydrogen) atoms. The van der Waals surface area contributed by atoms with Gasteiger partial charge in [-0.2, -0.15) is 0 Å². The number of carbonyl (C=O) groups is 1. The third-order valence-electron chi connectivity index (χ3n) is 4.44. The number of hydrogen-bond donors (Lipinski definition) is 1. The first-order valence-corrected chi connectivity index (χ1v) is 11.5. The van der Waals surface area contributed by atoms with Gasteiger partial charge in [-0.05, 0) is 54.4 Å². The van der Waals surface area contributed by atoms with E-state index in [9.17, 15) is 4.79 Å². The molecule has 0 bridgehead atoms. The molecular formula is C24H25NO3S2. The van der Waals surface area contributed by atoms with E-state index in [-0.39, 0.29) is 5.91 Å². The Hall–Kier alpha value is -2.57. The number of amides is 1. The van der Waals surface area contributed by atoms with Gasteiger partial charge in [0.2, 0.25) is 5.91 Å². The van der Waals surface area contributed by atoms with E-state index in [4.69, 9.17) is 9.47 Å². The van der Waals surface area contributed by atoms with Crippen LogP contribution in [0.5, 0.6) is 11.5 Å². The van der Waals surface area contributed by atoms with Crippen molar-refractivity contribution >= 4 is 35.1 Å². The van der Waals surface area contributed by atoms with Crippen LogP contribution >= 0.6 is 23.5 Å². The largest absolute Gasteiger partial charge is 0.493 e. The number of methoxy groups -OCH3 is 2. The zero-order valence-corrected chi connectivity index (χ0v) is 18.9. The van der Waals surface area contributed by atoms with Crippen molar-refractivity contribution in [3.63, 3.8) is 0 Å². The lowest BCUT2D eigenvalue weighted by atomic mass is 10.1. The minimum atomic E-state index is -0.0377. The van der Waals surface area contributed by atoms with E-state index < -0.39 is 0 Å². The normalized spacial score (nSPS) is 10.5. The highest BCUT2D eigenvalue weighted by atomic mass is 32.2. The quantitative estimate of drug-likeness (QED) is 0.412. The van der Waals surface area contributed by atoms with Crippen molar-refractivity contribution in [2.24, 2.45) is 0 Å². The predicted molar refractivity (Wildman–Crippen MR) is 126 cm³/mol. The molecule has 0 aliphatic heterocycles. The van der Waals surface area contributed by atoms with Crippen molar-refractivity contribution in [2.75, 3.05) is 25.3 Å². The van der Waals surface area contributed by atoms with Crippen molar-refractivity contribution in [3.8, 4) is 11.5 Å². The number of rotatable bonds is 9. The second-order valence-electron chi connectivity index (χ2n) is 6.60. The number of thioether (sulfide) groups is 2. The van der Waals surface area contributed by atoms with Crippen molar-refractivity contribution in [1.82, 2.24) is 0 Å². The summed E-state index contributed by atoms with van der Waals surface area (Å²) in [7, 11) is 3.20. The highest BCUT2D eigenvalue weighted by Crippen LogP contribution is 2.32. The molecule has 0 aliphatic carbocycles. The predicted octanol–water partition coefficient (Wildman–Crippen LogP) is 6.04. The summed E-state index contributed by atoms with van der Waals surface area (Å²) in [5.74, 6) is 2.51. The summed E-state index contributed by atoms with van der Waals surface area (Å²) in [4.78, 5) is 14.6. The Labute approximate surface area is 186 Å². The Morgan fingerprint density at radius 3 is 2.33 bits per heavy atom. The molecule has 0 aromatic heterocycles. The molecular weight excluding hydrogens is 414 g/mol. The molecule has 6 heteroatoms. The van der Waals surface area contributed by atoms with E-state index in [1.165, 1.54) is 22.2 Å². The summed E-state index contributed by atoms with van der Waals surface area (Å²) in [5, 5.41) is 3.01. The SMILES string of the molecule is COc1ccc(SCC(=O)Nc2ccc(CSc3ccccc3)cc2C)cc1OC. The lowest BCUT2D eigenvalue weighted by Crippen LogP contribution is -2.14. The Morgan fingerprint density at radius 2 is 1.63 bits per heavy atom. The van der Waals surface area contributed by atoms with E-state index in [0.717, 1.165) is 21.9 Å². The van der Waals surface area contributed by atoms with Gasteiger partial charge in [-0.15, -0.1) is 23.5 Å². The van der Waals surface area contributed by atoms with Crippen LogP contribution in [-0.4, -0.2) is 25.9 Å². The lowest BCUT2D eigenvalue weighted by Gasteiger charge is -2.11. The number of carbonyl (C=O) groups excluding carboxylic acids is 1. The molecule has 0 aliphatic rings. The fourth-order valence-corrected chi connectivity index (χ4v) is 4.47. The van der Waals surface area contributed by atoms with E-state index in [0.29, 0.717) is 17.3 Å². The average Bonchev–Trinajstić information content (AvgIpc) is 2.78. The first-order valence-electron chi connectivity index (χ1n) is 9.51.